The van der Waals surface area contributed by atoms with E-state index in [0.717, 1.165) is 13.0 Å². The zero-order chi connectivity index (χ0) is 33.0. The number of para-hydroxylation sites is 1. The molecule has 0 amide bonds. The second-order valence-electron chi connectivity index (χ2n) is 13.4. The van der Waals surface area contributed by atoms with Gasteiger partial charge in [0.25, 0.3) is 0 Å². The highest BCUT2D eigenvalue weighted by Crippen LogP contribution is 2.48. The lowest BCUT2D eigenvalue weighted by molar-refractivity contribution is 0.387. The van der Waals surface area contributed by atoms with Crippen molar-refractivity contribution in [3.63, 3.8) is 0 Å². The second kappa shape index (κ2) is 14.0. The van der Waals surface area contributed by atoms with Crippen molar-refractivity contribution in [3.8, 4) is 17.3 Å². The van der Waals surface area contributed by atoms with Gasteiger partial charge in [-0.25, -0.2) is 0 Å². The van der Waals surface area contributed by atoms with E-state index >= 15 is 0 Å². The number of anilines is 2. The number of hydrogen-bond donors (Lipinski definition) is 0. The summed E-state index contributed by atoms with van der Waals surface area (Å²) < 4.78 is 2.40. The van der Waals surface area contributed by atoms with Crippen molar-refractivity contribution in [1.82, 2.24) is 9.47 Å². The zero-order valence-corrected chi connectivity index (χ0v) is 28.6. The number of hydrogen-bond acceptors (Lipinski definition) is 3. The Bertz CT molecular complexity index is 1970. The predicted molar refractivity (Wildman–Crippen MR) is 201 cm³/mol. The van der Waals surface area contributed by atoms with Gasteiger partial charge in [-0.3, -0.25) is 0 Å². The third-order valence-electron chi connectivity index (χ3n) is 10.4. The highest BCUT2D eigenvalue weighted by molar-refractivity contribution is 5.94. The number of nitrogens with zero attached hydrogens (tertiary/aromatic N) is 4. The molecule has 7 rings (SSSR count). The SMILES string of the molecule is CCN(c1ccc(C)cc1)c1ccc(C(C2=CC=C(N3CCCC3)CC2C)c2c(-c3ccccc3)n(CCC#N)c3ccccc23)cc1. The molecule has 1 saturated heterocycles. The van der Waals surface area contributed by atoms with E-state index in [-0.39, 0.29) is 5.92 Å². The summed E-state index contributed by atoms with van der Waals surface area (Å²) in [5.74, 6) is 0.447. The molecule has 2 heterocycles. The van der Waals surface area contributed by atoms with Crippen LogP contribution in [-0.4, -0.2) is 29.1 Å². The van der Waals surface area contributed by atoms with E-state index in [2.05, 4.69) is 156 Å². The summed E-state index contributed by atoms with van der Waals surface area (Å²) in [5.41, 5.74) is 12.9. The van der Waals surface area contributed by atoms with E-state index in [1.165, 1.54) is 87.4 Å². The van der Waals surface area contributed by atoms with Gasteiger partial charge in [0.05, 0.1) is 18.2 Å². The maximum Gasteiger partial charge on any atom is 0.0640 e. The molecule has 4 aromatic carbocycles. The Hall–Kier alpha value is -5.01. The minimum absolute atomic E-state index is 0.0586. The number of fused-ring (bicyclic) bond motifs is 1. The molecule has 48 heavy (non-hydrogen) atoms. The standard InChI is InChI=1S/C44H46N4/c1-4-47(36-21-17-32(2)18-22-36)37-23-19-34(20-24-37)42(39-26-25-38(31-33(39)3)46-28-10-11-29-46)43-40-15-8-9-16-41(40)48(30-12-27-45)44(43)35-13-6-5-7-14-35/h5-9,13-26,33,42H,4,10-12,28-31H2,1-3H3. The lowest BCUT2D eigenvalue weighted by Gasteiger charge is -2.33. The minimum atomic E-state index is 0.0586. The van der Waals surface area contributed by atoms with Crippen molar-refractivity contribution < 1.29 is 0 Å². The summed E-state index contributed by atoms with van der Waals surface area (Å²) in [6, 6.07) is 40.2. The van der Waals surface area contributed by atoms with Gasteiger partial charge < -0.3 is 14.4 Å². The summed E-state index contributed by atoms with van der Waals surface area (Å²) >= 11 is 0. The predicted octanol–water partition coefficient (Wildman–Crippen LogP) is 10.8. The molecule has 0 radical (unpaired) electrons. The van der Waals surface area contributed by atoms with Gasteiger partial charge in [0.2, 0.25) is 0 Å². The van der Waals surface area contributed by atoms with Crippen LogP contribution < -0.4 is 4.90 Å². The van der Waals surface area contributed by atoms with Gasteiger partial charge in [0.1, 0.15) is 0 Å². The van der Waals surface area contributed by atoms with Crippen LogP contribution in [0.2, 0.25) is 0 Å². The fourth-order valence-electron chi connectivity index (χ4n) is 8.01. The molecular formula is C44H46N4. The van der Waals surface area contributed by atoms with E-state index in [0.29, 0.717) is 18.9 Å². The Morgan fingerprint density at radius 3 is 2.17 bits per heavy atom. The van der Waals surface area contributed by atoms with Gasteiger partial charge in [0, 0.05) is 60.1 Å². The maximum atomic E-state index is 9.71. The number of benzene rings is 4. The largest absolute Gasteiger partial charge is 0.375 e. The highest BCUT2D eigenvalue weighted by atomic mass is 15.1. The topological polar surface area (TPSA) is 35.2 Å². The van der Waals surface area contributed by atoms with Gasteiger partial charge in [-0.2, -0.15) is 5.26 Å². The molecule has 1 aromatic heterocycles. The number of aryl methyl sites for hydroxylation is 2. The van der Waals surface area contributed by atoms with Crippen molar-refractivity contribution in [1.29, 1.82) is 5.26 Å². The van der Waals surface area contributed by atoms with Crippen molar-refractivity contribution in [3.05, 3.63) is 143 Å². The quantitative estimate of drug-likeness (QED) is 0.154. The first-order chi connectivity index (χ1) is 23.6. The van der Waals surface area contributed by atoms with Gasteiger partial charge in [-0.1, -0.05) is 96.9 Å². The molecule has 2 atom stereocenters. The van der Waals surface area contributed by atoms with E-state index < -0.39 is 0 Å². The first kappa shape index (κ1) is 31.6. The molecule has 242 valence electrons. The molecule has 2 aliphatic rings. The Labute approximate surface area is 286 Å². The summed E-state index contributed by atoms with van der Waals surface area (Å²) in [4.78, 5) is 4.98. The number of nitriles is 1. The van der Waals surface area contributed by atoms with Crippen LogP contribution in [-0.2, 0) is 6.54 Å². The van der Waals surface area contributed by atoms with E-state index in [1.54, 1.807) is 0 Å². The van der Waals surface area contributed by atoms with Gasteiger partial charge >= 0.3 is 0 Å². The third kappa shape index (κ3) is 6.06. The normalized spacial score (nSPS) is 16.8. The third-order valence-corrected chi connectivity index (χ3v) is 10.4. The van der Waals surface area contributed by atoms with Crippen molar-refractivity contribution in [2.45, 2.75) is 58.9 Å². The van der Waals surface area contributed by atoms with Crippen LogP contribution in [0.1, 0.15) is 62.1 Å². The van der Waals surface area contributed by atoms with E-state index in [9.17, 15) is 5.26 Å². The van der Waals surface area contributed by atoms with Crippen LogP contribution in [0, 0.1) is 24.2 Å². The first-order valence-electron chi connectivity index (χ1n) is 17.7. The molecule has 4 nitrogen and oxygen atoms in total. The maximum absolute atomic E-state index is 9.71. The van der Waals surface area contributed by atoms with Crippen LogP contribution in [0.4, 0.5) is 11.4 Å². The van der Waals surface area contributed by atoms with E-state index in [1.807, 2.05) is 0 Å². The summed E-state index contributed by atoms with van der Waals surface area (Å²) in [5, 5.41) is 11.0. The minimum Gasteiger partial charge on any atom is -0.375 e. The molecule has 0 bridgehead atoms. The van der Waals surface area contributed by atoms with Crippen LogP contribution in [0.3, 0.4) is 0 Å². The van der Waals surface area contributed by atoms with Crippen LogP contribution in [0.15, 0.2) is 127 Å². The van der Waals surface area contributed by atoms with Gasteiger partial charge in [-0.05, 0) is 92.1 Å². The van der Waals surface area contributed by atoms with Crippen LogP contribution in [0.25, 0.3) is 22.2 Å². The second-order valence-corrected chi connectivity index (χ2v) is 13.4. The highest BCUT2D eigenvalue weighted by Gasteiger charge is 2.33. The van der Waals surface area contributed by atoms with Gasteiger partial charge in [-0.15, -0.1) is 0 Å². The molecule has 4 heteroatoms. The number of likely N-dealkylation sites (tertiary alicyclic amines) is 1. The Kier molecular flexibility index (Phi) is 9.21. The van der Waals surface area contributed by atoms with Crippen molar-refractivity contribution in [2.75, 3.05) is 24.5 Å². The molecular weight excluding hydrogens is 585 g/mol. The average molecular weight is 631 g/mol. The molecule has 2 unspecified atom stereocenters. The molecule has 0 N–H and O–H groups in total. The molecule has 1 aliphatic heterocycles. The number of allylic oxidation sites excluding steroid dienone is 4. The van der Waals surface area contributed by atoms with E-state index in [4.69, 9.17) is 0 Å². The lowest BCUT2D eigenvalue weighted by atomic mass is 9.74. The molecule has 1 aliphatic carbocycles. The number of rotatable bonds is 10. The fourth-order valence-corrected chi connectivity index (χ4v) is 8.01. The number of aromatic nitrogens is 1. The molecule has 5 aromatic rings. The Balaban J connectivity index is 1.43. The van der Waals surface area contributed by atoms with Gasteiger partial charge in [0.15, 0.2) is 0 Å². The van der Waals surface area contributed by atoms with Crippen LogP contribution in [0.5, 0.6) is 0 Å². The summed E-state index contributed by atoms with van der Waals surface area (Å²) in [7, 11) is 0. The zero-order valence-electron chi connectivity index (χ0n) is 28.6. The first-order valence-corrected chi connectivity index (χ1v) is 17.7. The Morgan fingerprint density at radius 2 is 1.50 bits per heavy atom. The average Bonchev–Trinajstić information content (AvgIpc) is 3.78. The smallest absolute Gasteiger partial charge is 0.0640 e. The molecule has 0 spiro atoms. The monoisotopic (exact) mass is 630 g/mol. The molecule has 1 fully saturated rings. The summed E-state index contributed by atoms with van der Waals surface area (Å²) in [6.45, 7) is 10.7. The Morgan fingerprint density at radius 1 is 0.833 bits per heavy atom. The summed E-state index contributed by atoms with van der Waals surface area (Å²) in [6.07, 6.45) is 8.96. The molecule has 0 saturated carbocycles. The fraction of sp³-hybridized carbons (Fsp3) is 0.295. The van der Waals surface area contributed by atoms with Crippen LogP contribution >= 0.6 is 0 Å². The van der Waals surface area contributed by atoms with Crippen molar-refractivity contribution in [2.24, 2.45) is 5.92 Å². The lowest BCUT2D eigenvalue weighted by Crippen LogP contribution is -2.24. The van der Waals surface area contributed by atoms with Crippen molar-refractivity contribution >= 4 is 22.3 Å².